The van der Waals surface area contributed by atoms with Gasteiger partial charge in [-0.1, -0.05) is 0 Å². The molecule has 100 valence electrons. The number of hydrogen-bond donors (Lipinski definition) is 2. The molecule has 0 saturated carbocycles. The number of benzene rings is 1. The van der Waals surface area contributed by atoms with Gasteiger partial charge in [0.2, 0.25) is 0 Å². The van der Waals surface area contributed by atoms with E-state index in [9.17, 15) is 4.79 Å². The highest BCUT2D eigenvalue weighted by atomic mass is 16.6. The van der Waals surface area contributed by atoms with E-state index in [4.69, 9.17) is 9.47 Å². The lowest BCUT2D eigenvalue weighted by atomic mass is 10.1. The topological polar surface area (TPSA) is 68.8 Å². The first-order valence-electron chi connectivity index (χ1n) is 5.43. The summed E-state index contributed by atoms with van der Waals surface area (Å²) in [6, 6.07) is 4.74. The van der Waals surface area contributed by atoms with E-state index in [1.165, 1.54) is 7.11 Å². The van der Waals surface area contributed by atoms with E-state index in [-0.39, 0.29) is 6.04 Å². The quantitative estimate of drug-likeness (QED) is 0.783. The predicted octanol–water partition coefficient (Wildman–Crippen LogP) is 1.63. The zero-order valence-electron chi connectivity index (χ0n) is 10.9. The monoisotopic (exact) mass is 254 g/mol. The van der Waals surface area contributed by atoms with E-state index >= 15 is 0 Å². The van der Waals surface area contributed by atoms with E-state index < -0.39 is 6.03 Å². The predicted molar refractivity (Wildman–Crippen MR) is 66.6 cm³/mol. The van der Waals surface area contributed by atoms with E-state index in [2.05, 4.69) is 15.6 Å². The maximum Gasteiger partial charge on any atom is 0.339 e. The molecule has 2 N–H and O–H groups in total. The Bertz CT molecular complexity index is 409. The Morgan fingerprint density at radius 2 is 1.94 bits per heavy atom. The van der Waals surface area contributed by atoms with Crippen molar-refractivity contribution in [3.8, 4) is 11.5 Å². The van der Waals surface area contributed by atoms with E-state index in [0.717, 1.165) is 5.56 Å². The van der Waals surface area contributed by atoms with Crippen molar-refractivity contribution in [1.82, 2.24) is 10.8 Å². The molecule has 0 bridgehead atoms. The SMILES string of the molecule is CONC(=O)NC(C)c1cc(OC)ccc1OC. The lowest BCUT2D eigenvalue weighted by Gasteiger charge is -2.18. The highest BCUT2D eigenvalue weighted by Crippen LogP contribution is 2.29. The molecule has 0 spiro atoms. The molecule has 1 aromatic rings. The van der Waals surface area contributed by atoms with Gasteiger partial charge in [-0.25, -0.2) is 10.3 Å². The van der Waals surface area contributed by atoms with Gasteiger partial charge >= 0.3 is 6.03 Å². The average Bonchev–Trinajstić information content (AvgIpc) is 2.38. The molecule has 1 atom stereocenters. The fourth-order valence-corrected chi connectivity index (χ4v) is 1.57. The maximum absolute atomic E-state index is 11.4. The van der Waals surface area contributed by atoms with Gasteiger partial charge in [0.05, 0.1) is 27.4 Å². The number of carbonyl (C=O) groups excluding carboxylic acids is 1. The van der Waals surface area contributed by atoms with Crippen molar-refractivity contribution < 1.29 is 19.1 Å². The van der Waals surface area contributed by atoms with Gasteiger partial charge in [-0.3, -0.25) is 4.84 Å². The van der Waals surface area contributed by atoms with Gasteiger partial charge in [0.15, 0.2) is 0 Å². The van der Waals surface area contributed by atoms with Crippen molar-refractivity contribution in [1.29, 1.82) is 0 Å². The Hall–Kier alpha value is -1.95. The number of ether oxygens (including phenoxy) is 2. The third-order valence-corrected chi connectivity index (χ3v) is 2.45. The van der Waals surface area contributed by atoms with Gasteiger partial charge in [-0.2, -0.15) is 0 Å². The Kier molecular flexibility index (Phi) is 5.26. The number of methoxy groups -OCH3 is 2. The number of hydrogen-bond acceptors (Lipinski definition) is 4. The summed E-state index contributed by atoms with van der Waals surface area (Å²) < 4.78 is 10.4. The normalized spacial score (nSPS) is 11.6. The molecule has 0 aliphatic heterocycles. The second-order valence-corrected chi connectivity index (χ2v) is 3.61. The number of nitrogens with one attached hydrogen (secondary N) is 2. The number of hydroxylamine groups is 1. The third kappa shape index (κ3) is 3.53. The molecule has 1 aromatic carbocycles. The molecule has 1 unspecified atom stereocenters. The summed E-state index contributed by atoms with van der Waals surface area (Å²) in [5.41, 5.74) is 3.01. The van der Waals surface area contributed by atoms with Crippen LogP contribution in [-0.4, -0.2) is 27.4 Å². The number of amides is 2. The lowest BCUT2D eigenvalue weighted by Crippen LogP contribution is -2.36. The Morgan fingerprint density at radius 1 is 1.22 bits per heavy atom. The first-order chi connectivity index (χ1) is 8.62. The molecule has 0 saturated heterocycles. The smallest absolute Gasteiger partial charge is 0.339 e. The van der Waals surface area contributed by atoms with Crippen LogP contribution in [0.5, 0.6) is 11.5 Å². The van der Waals surface area contributed by atoms with Gasteiger partial charge < -0.3 is 14.8 Å². The Morgan fingerprint density at radius 3 is 2.50 bits per heavy atom. The fourth-order valence-electron chi connectivity index (χ4n) is 1.57. The van der Waals surface area contributed by atoms with Crippen molar-refractivity contribution in [2.45, 2.75) is 13.0 Å². The van der Waals surface area contributed by atoms with Crippen LogP contribution in [-0.2, 0) is 4.84 Å². The number of carbonyl (C=O) groups is 1. The first-order valence-corrected chi connectivity index (χ1v) is 5.43. The zero-order valence-corrected chi connectivity index (χ0v) is 10.9. The largest absolute Gasteiger partial charge is 0.497 e. The summed E-state index contributed by atoms with van der Waals surface area (Å²) in [5, 5.41) is 2.71. The van der Waals surface area contributed by atoms with E-state index in [1.807, 2.05) is 13.0 Å². The molecule has 0 radical (unpaired) electrons. The summed E-state index contributed by atoms with van der Waals surface area (Å²) in [6.45, 7) is 1.84. The van der Waals surface area contributed by atoms with Crippen molar-refractivity contribution in [3.63, 3.8) is 0 Å². The molecule has 6 heteroatoms. The fraction of sp³-hybridized carbons (Fsp3) is 0.417. The molecule has 2 amide bonds. The molecule has 18 heavy (non-hydrogen) atoms. The Balaban J connectivity index is 2.88. The molecule has 0 aliphatic rings. The van der Waals surface area contributed by atoms with Crippen molar-refractivity contribution in [3.05, 3.63) is 23.8 Å². The molecular formula is C12H18N2O4. The molecule has 1 rings (SSSR count). The number of rotatable bonds is 5. The summed E-state index contributed by atoms with van der Waals surface area (Å²) in [4.78, 5) is 15.9. The second-order valence-electron chi connectivity index (χ2n) is 3.61. The summed E-state index contributed by atoms with van der Waals surface area (Å²) in [6.07, 6.45) is 0. The van der Waals surface area contributed by atoms with Gasteiger partial charge in [0.25, 0.3) is 0 Å². The Labute approximate surface area is 106 Å². The first kappa shape index (κ1) is 14.1. The average molecular weight is 254 g/mol. The zero-order chi connectivity index (χ0) is 13.5. The van der Waals surface area contributed by atoms with E-state index in [1.54, 1.807) is 26.4 Å². The standard InChI is InChI=1S/C12H18N2O4/c1-8(13-12(15)14-18-4)10-7-9(16-2)5-6-11(10)17-3/h5-8H,1-4H3,(H2,13,14,15). The minimum absolute atomic E-state index is 0.245. The van der Waals surface area contributed by atoms with Crippen molar-refractivity contribution >= 4 is 6.03 Å². The maximum atomic E-state index is 11.4. The van der Waals surface area contributed by atoms with Crippen LogP contribution in [0.25, 0.3) is 0 Å². The molecule has 0 aliphatic carbocycles. The molecule has 0 fully saturated rings. The summed E-state index contributed by atoms with van der Waals surface area (Å²) in [7, 11) is 4.53. The van der Waals surface area contributed by atoms with Crippen LogP contribution >= 0.6 is 0 Å². The molecule has 0 heterocycles. The molecular weight excluding hydrogens is 236 g/mol. The van der Waals surface area contributed by atoms with Crippen LogP contribution in [0.2, 0.25) is 0 Å². The van der Waals surface area contributed by atoms with Gasteiger partial charge in [0, 0.05) is 5.56 Å². The van der Waals surface area contributed by atoms with Crippen LogP contribution in [0.15, 0.2) is 18.2 Å². The van der Waals surface area contributed by atoms with Crippen LogP contribution in [0.4, 0.5) is 4.79 Å². The van der Waals surface area contributed by atoms with Gasteiger partial charge in [0.1, 0.15) is 11.5 Å². The lowest BCUT2D eigenvalue weighted by molar-refractivity contribution is 0.106. The third-order valence-electron chi connectivity index (χ3n) is 2.45. The van der Waals surface area contributed by atoms with Crippen LogP contribution in [0.1, 0.15) is 18.5 Å². The van der Waals surface area contributed by atoms with Gasteiger partial charge in [-0.05, 0) is 25.1 Å². The minimum Gasteiger partial charge on any atom is -0.497 e. The summed E-state index contributed by atoms with van der Waals surface area (Å²) in [5.74, 6) is 1.38. The van der Waals surface area contributed by atoms with Crippen LogP contribution in [0.3, 0.4) is 0 Å². The van der Waals surface area contributed by atoms with Crippen LogP contribution < -0.4 is 20.3 Å². The van der Waals surface area contributed by atoms with Crippen molar-refractivity contribution in [2.24, 2.45) is 0 Å². The number of urea groups is 1. The highest BCUT2D eigenvalue weighted by Gasteiger charge is 2.14. The van der Waals surface area contributed by atoms with Crippen molar-refractivity contribution in [2.75, 3.05) is 21.3 Å². The van der Waals surface area contributed by atoms with Gasteiger partial charge in [-0.15, -0.1) is 0 Å². The summed E-state index contributed by atoms with van der Waals surface area (Å²) >= 11 is 0. The minimum atomic E-state index is -0.421. The van der Waals surface area contributed by atoms with E-state index in [0.29, 0.717) is 11.5 Å². The molecule has 0 aromatic heterocycles. The second kappa shape index (κ2) is 6.70. The highest BCUT2D eigenvalue weighted by molar-refractivity contribution is 5.73. The molecule has 6 nitrogen and oxygen atoms in total. The van der Waals surface area contributed by atoms with Crippen LogP contribution in [0, 0.1) is 0 Å².